The summed E-state index contributed by atoms with van der Waals surface area (Å²) in [5.41, 5.74) is 4.84. The van der Waals surface area contributed by atoms with Crippen LogP contribution in [0.5, 0.6) is 11.5 Å². The van der Waals surface area contributed by atoms with Crippen LogP contribution in [0.2, 0.25) is 5.02 Å². The fraction of sp³-hybridized carbons (Fsp3) is 0.138. The van der Waals surface area contributed by atoms with Crippen LogP contribution in [0, 0.1) is 17.1 Å². The molecule has 5 rings (SSSR count). The number of nitrogens with zero attached hydrogens (tertiary/aromatic N) is 2. The van der Waals surface area contributed by atoms with E-state index in [2.05, 4.69) is 4.98 Å². The van der Waals surface area contributed by atoms with Crippen LogP contribution in [0.15, 0.2) is 73.1 Å². The second kappa shape index (κ2) is 10.2. The molecule has 7 heteroatoms. The van der Waals surface area contributed by atoms with Gasteiger partial charge in [0.15, 0.2) is 6.29 Å². The van der Waals surface area contributed by atoms with Gasteiger partial charge in [-0.1, -0.05) is 48.0 Å². The maximum Gasteiger partial charge on any atom is 0.153 e. The number of aromatic nitrogens is 1. The number of fused-ring (bicyclic) bond motifs is 1. The average molecular weight is 499 g/mol. The largest absolute Gasteiger partial charge is 0.488 e. The number of pyridine rings is 1. The molecule has 1 heterocycles. The van der Waals surface area contributed by atoms with Crippen LogP contribution in [0.1, 0.15) is 45.1 Å². The third kappa shape index (κ3) is 4.66. The molecular weight excluding hydrogens is 479 g/mol. The summed E-state index contributed by atoms with van der Waals surface area (Å²) in [6, 6.07) is 19.4. The summed E-state index contributed by atoms with van der Waals surface area (Å²) in [6.45, 7) is 0.114. The van der Waals surface area contributed by atoms with E-state index in [1.807, 2.05) is 30.3 Å². The van der Waals surface area contributed by atoms with Crippen molar-refractivity contribution in [3.05, 3.63) is 112 Å². The first-order valence-electron chi connectivity index (χ1n) is 11.4. The van der Waals surface area contributed by atoms with E-state index in [9.17, 15) is 9.18 Å². The van der Waals surface area contributed by atoms with Gasteiger partial charge in [-0.15, -0.1) is 0 Å². The molecule has 36 heavy (non-hydrogen) atoms. The lowest BCUT2D eigenvalue weighted by Gasteiger charge is -2.18. The summed E-state index contributed by atoms with van der Waals surface area (Å²) in [5.74, 6) is 0.431. The van der Waals surface area contributed by atoms with Crippen LogP contribution in [0.3, 0.4) is 0 Å². The molecule has 1 atom stereocenters. The minimum atomic E-state index is -0.282. The van der Waals surface area contributed by atoms with E-state index in [0.717, 1.165) is 23.1 Å². The molecule has 0 spiro atoms. The van der Waals surface area contributed by atoms with Crippen LogP contribution in [-0.2, 0) is 13.0 Å². The van der Waals surface area contributed by atoms with E-state index in [0.29, 0.717) is 40.9 Å². The van der Waals surface area contributed by atoms with Gasteiger partial charge in [0, 0.05) is 29.6 Å². The Labute approximate surface area is 212 Å². The van der Waals surface area contributed by atoms with Crippen molar-refractivity contribution in [1.29, 1.82) is 5.26 Å². The van der Waals surface area contributed by atoms with Crippen LogP contribution in [0.4, 0.5) is 4.39 Å². The Morgan fingerprint density at radius 1 is 1.08 bits per heavy atom. The minimum Gasteiger partial charge on any atom is -0.488 e. The van der Waals surface area contributed by atoms with Gasteiger partial charge in [0.1, 0.15) is 36.1 Å². The van der Waals surface area contributed by atoms with Crippen LogP contribution in [-0.4, -0.2) is 11.3 Å². The Balaban J connectivity index is 1.41. The number of benzene rings is 3. The highest BCUT2D eigenvalue weighted by Crippen LogP contribution is 2.43. The van der Waals surface area contributed by atoms with Gasteiger partial charge < -0.3 is 9.47 Å². The monoisotopic (exact) mass is 498 g/mol. The summed E-state index contributed by atoms with van der Waals surface area (Å²) in [4.78, 5) is 15.7. The lowest BCUT2D eigenvalue weighted by Crippen LogP contribution is -2.06. The molecule has 178 valence electrons. The first-order valence-corrected chi connectivity index (χ1v) is 11.7. The van der Waals surface area contributed by atoms with E-state index < -0.39 is 0 Å². The molecule has 0 saturated carbocycles. The fourth-order valence-electron chi connectivity index (χ4n) is 4.47. The van der Waals surface area contributed by atoms with E-state index in [1.54, 1.807) is 30.5 Å². The van der Waals surface area contributed by atoms with E-state index in [-0.39, 0.29) is 29.1 Å². The minimum absolute atomic E-state index is 0.114. The number of ether oxygens (including phenoxy) is 2. The lowest BCUT2D eigenvalue weighted by molar-refractivity contribution is 0.111. The van der Waals surface area contributed by atoms with Crippen molar-refractivity contribution in [1.82, 2.24) is 4.98 Å². The number of aldehydes is 1. The highest BCUT2D eigenvalue weighted by Gasteiger charge is 2.28. The molecule has 1 aliphatic rings. The quantitative estimate of drug-likeness (QED) is 0.260. The van der Waals surface area contributed by atoms with E-state index in [1.165, 1.54) is 18.3 Å². The molecule has 1 aromatic heterocycles. The van der Waals surface area contributed by atoms with Gasteiger partial charge in [0.2, 0.25) is 0 Å². The second-order valence-corrected chi connectivity index (χ2v) is 8.83. The van der Waals surface area contributed by atoms with Gasteiger partial charge in [-0.3, -0.25) is 9.78 Å². The van der Waals surface area contributed by atoms with Crippen molar-refractivity contribution < 1.29 is 18.7 Å². The number of hydrogen-bond acceptors (Lipinski definition) is 5. The summed E-state index contributed by atoms with van der Waals surface area (Å²) in [7, 11) is 0. The molecule has 4 aromatic rings. The lowest BCUT2D eigenvalue weighted by atomic mass is 9.96. The van der Waals surface area contributed by atoms with Gasteiger partial charge in [-0.05, 0) is 47.7 Å². The second-order valence-electron chi connectivity index (χ2n) is 8.42. The van der Waals surface area contributed by atoms with Crippen LogP contribution >= 0.6 is 11.6 Å². The molecule has 5 nitrogen and oxygen atoms in total. The maximum absolute atomic E-state index is 14.5. The zero-order chi connectivity index (χ0) is 25.1. The van der Waals surface area contributed by atoms with Crippen molar-refractivity contribution in [2.24, 2.45) is 0 Å². The molecule has 0 aliphatic heterocycles. The normalized spacial score (nSPS) is 14.1. The van der Waals surface area contributed by atoms with Crippen molar-refractivity contribution in [2.75, 3.05) is 0 Å². The van der Waals surface area contributed by atoms with E-state index in [4.69, 9.17) is 26.3 Å². The van der Waals surface area contributed by atoms with Crippen molar-refractivity contribution >= 4 is 17.9 Å². The van der Waals surface area contributed by atoms with Gasteiger partial charge >= 0.3 is 0 Å². The molecule has 0 amide bonds. The summed E-state index contributed by atoms with van der Waals surface area (Å²) >= 11 is 6.46. The number of halogens is 2. The average Bonchev–Trinajstić information content (AvgIpc) is 3.32. The SMILES string of the molecule is N#Cc1cncc(COc2cc(O[C@H]3CCc4c(-c5ccccc5F)cccc43)c(Cl)cc2C=O)c1. The molecule has 0 radical (unpaired) electrons. The number of rotatable bonds is 7. The molecule has 0 unspecified atom stereocenters. The fourth-order valence-corrected chi connectivity index (χ4v) is 4.69. The third-order valence-corrected chi connectivity index (χ3v) is 6.45. The third-order valence-electron chi connectivity index (χ3n) is 6.16. The maximum atomic E-state index is 14.5. The zero-order valence-electron chi connectivity index (χ0n) is 19.1. The van der Waals surface area contributed by atoms with Crippen molar-refractivity contribution in [2.45, 2.75) is 25.6 Å². The smallest absolute Gasteiger partial charge is 0.153 e. The van der Waals surface area contributed by atoms with Gasteiger partial charge in [0.05, 0.1) is 16.1 Å². The Morgan fingerprint density at radius 2 is 1.92 bits per heavy atom. The zero-order valence-corrected chi connectivity index (χ0v) is 19.8. The first kappa shape index (κ1) is 23.5. The van der Waals surface area contributed by atoms with Gasteiger partial charge in [0.25, 0.3) is 0 Å². The number of nitriles is 1. The molecule has 3 aromatic carbocycles. The summed E-state index contributed by atoms with van der Waals surface area (Å²) in [5, 5.41) is 9.36. The van der Waals surface area contributed by atoms with Crippen molar-refractivity contribution in [3.63, 3.8) is 0 Å². The predicted molar refractivity (Wildman–Crippen MR) is 134 cm³/mol. The Hall–Kier alpha value is -4.21. The first-order chi connectivity index (χ1) is 17.6. The van der Waals surface area contributed by atoms with Crippen LogP contribution in [0.25, 0.3) is 11.1 Å². The molecule has 0 fully saturated rings. The molecule has 0 N–H and O–H groups in total. The highest BCUT2D eigenvalue weighted by atomic mass is 35.5. The molecular formula is C29H20ClFN2O3. The topological polar surface area (TPSA) is 72.2 Å². The highest BCUT2D eigenvalue weighted by molar-refractivity contribution is 6.32. The summed E-state index contributed by atoms with van der Waals surface area (Å²) < 4.78 is 26.7. The molecule has 0 bridgehead atoms. The number of carbonyl (C=O) groups is 1. The van der Waals surface area contributed by atoms with Gasteiger partial charge in [-0.25, -0.2) is 4.39 Å². The summed E-state index contributed by atoms with van der Waals surface area (Å²) in [6.07, 6.45) is 4.88. The Kier molecular flexibility index (Phi) is 6.66. The Bertz CT molecular complexity index is 1500. The number of carbonyl (C=O) groups excluding carboxylic acids is 1. The Morgan fingerprint density at radius 3 is 2.72 bits per heavy atom. The van der Waals surface area contributed by atoms with Gasteiger partial charge in [-0.2, -0.15) is 5.26 Å². The molecule has 0 saturated heterocycles. The van der Waals surface area contributed by atoms with E-state index >= 15 is 0 Å². The standard InChI is InChI=1S/C29H20ClFN2O3/c30-25-11-20(16-34)28(35-17-19-10-18(13-32)14-33-15-19)12-29(25)36-27-9-8-22-21(5-3-6-24(22)27)23-4-1-2-7-26(23)31/h1-7,10-12,14-16,27H,8-9,17H2/t27-/m0/s1. The van der Waals surface area contributed by atoms with Crippen molar-refractivity contribution in [3.8, 4) is 28.7 Å². The number of hydrogen-bond donors (Lipinski definition) is 0. The van der Waals surface area contributed by atoms with Crippen LogP contribution < -0.4 is 9.47 Å². The molecule has 1 aliphatic carbocycles. The predicted octanol–water partition coefficient (Wildman–Crippen LogP) is 6.87.